The van der Waals surface area contributed by atoms with Crippen LogP contribution in [0, 0.1) is 0 Å². The van der Waals surface area contributed by atoms with Crippen molar-refractivity contribution in [3.8, 4) is 0 Å². The van der Waals surface area contributed by atoms with Crippen LogP contribution in [-0.4, -0.2) is 36.1 Å². The van der Waals surface area contributed by atoms with Gasteiger partial charge in [0.15, 0.2) is 0 Å². The molecule has 0 aromatic carbocycles. The molecule has 0 aliphatic heterocycles. The second-order valence-corrected chi connectivity index (χ2v) is 8.09. The molecule has 1 aromatic rings. The fourth-order valence-corrected chi connectivity index (χ4v) is 3.67. The normalized spacial score (nSPS) is 17.2. The predicted octanol–water partition coefficient (Wildman–Crippen LogP) is 3.40. The maximum atomic E-state index is 4.53. The number of rotatable bonds is 6. The number of thiazole rings is 1. The minimum absolute atomic E-state index is 0.172. The Balaban J connectivity index is 1.67. The van der Waals surface area contributed by atoms with Crippen molar-refractivity contribution in [2.24, 2.45) is 0 Å². The van der Waals surface area contributed by atoms with E-state index >= 15 is 0 Å². The lowest BCUT2D eigenvalue weighted by molar-refractivity contribution is 0.245. The van der Waals surface area contributed by atoms with Crippen molar-refractivity contribution >= 4 is 11.3 Å². The summed E-state index contributed by atoms with van der Waals surface area (Å²) in [6.07, 6.45) is 7.64. The Morgan fingerprint density at radius 3 is 2.65 bits per heavy atom. The lowest BCUT2D eigenvalue weighted by Gasteiger charge is -2.23. The van der Waals surface area contributed by atoms with Crippen molar-refractivity contribution in [1.29, 1.82) is 0 Å². The first-order valence-corrected chi connectivity index (χ1v) is 8.64. The maximum Gasteiger partial charge on any atom is 0.0981 e. The molecule has 1 fully saturated rings. The van der Waals surface area contributed by atoms with Gasteiger partial charge >= 0.3 is 0 Å². The van der Waals surface area contributed by atoms with Crippen LogP contribution >= 0.6 is 11.3 Å². The third kappa shape index (κ3) is 4.54. The van der Waals surface area contributed by atoms with Gasteiger partial charge in [0.05, 0.1) is 5.01 Å². The molecule has 2 rings (SSSR count). The molecule has 0 atom stereocenters. The number of likely N-dealkylation sites (N-methyl/N-ethyl adjacent to an activating group) is 1. The fraction of sp³-hybridized carbons (Fsp3) is 0.812. The topological polar surface area (TPSA) is 28.2 Å². The van der Waals surface area contributed by atoms with Gasteiger partial charge in [0.2, 0.25) is 0 Å². The number of hydrogen-bond acceptors (Lipinski definition) is 4. The van der Waals surface area contributed by atoms with Gasteiger partial charge in [-0.25, -0.2) is 4.98 Å². The minimum Gasteiger partial charge on any atom is -0.311 e. The summed E-state index contributed by atoms with van der Waals surface area (Å²) in [6, 6.07) is 0.827. The van der Waals surface area contributed by atoms with Crippen LogP contribution in [0.4, 0.5) is 0 Å². The van der Waals surface area contributed by atoms with Crippen molar-refractivity contribution in [3.05, 3.63) is 16.1 Å². The molecule has 1 heterocycles. The average molecular weight is 295 g/mol. The van der Waals surface area contributed by atoms with E-state index in [0.717, 1.165) is 25.7 Å². The minimum atomic E-state index is 0.172. The highest BCUT2D eigenvalue weighted by Gasteiger charge is 2.19. The summed E-state index contributed by atoms with van der Waals surface area (Å²) < 4.78 is 0. The van der Waals surface area contributed by atoms with Gasteiger partial charge < -0.3 is 10.2 Å². The van der Waals surface area contributed by atoms with E-state index in [4.69, 9.17) is 0 Å². The molecule has 1 saturated carbocycles. The van der Waals surface area contributed by atoms with E-state index in [0.29, 0.717) is 0 Å². The summed E-state index contributed by atoms with van der Waals surface area (Å²) in [7, 11) is 2.27. The highest BCUT2D eigenvalue weighted by Crippen LogP contribution is 2.26. The van der Waals surface area contributed by atoms with Crippen molar-refractivity contribution in [3.63, 3.8) is 0 Å². The third-order valence-corrected chi connectivity index (χ3v) is 5.51. The SMILES string of the molecule is CN(CCNCc1cnc(C(C)(C)C)s1)C1CCCC1. The quantitative estimate of drug-likeness (QED) is 0.815. The highest BCUT2D eigenvalue weighted by atomic mass is 32.1. The third-order valence-electron chi connectivity index (χ3n) is 4.08. The molecule has 20 heavy (non-hydrogen) atoms. The van der Waals surface area contributed by atoms with Gasteiger partial charge in [0.1, 0.15) is 0 Å². The van der Waals surface area contributed by atoms with Gasteiger partial charge in [-0.3, -0.25) is 0 Å². The Bertz CT molecular complexity index is 402. The monoisotopic (exact) mass is 295 g/mol. The van der Waals surface area contributed by atoms with Crippen LogP contribution in [0.1, 0.15) is 56.3 Å². The van der Waals surface area contributed by atoms with Crippen molar-refractivity contribution < 1.29 is 0 Å². The number of nitrogens with zero attached hydrogens (tertiary/aromatic N) is 2. The van der Waals surface area contributed by atoms with Gasteiger partial charge in [0, 0.05) is 42.2 Å². The van der Waals surface area contributed by atoms with Crippen LogP contribution < -0.4 is 5.32 Å². The molecule has 0 unspecified atom stereocenters. The van der Waals surface area contributed by atoms with Crippen molar-refractivity contribution in [2.45, 2.75) is 64.5 Å². The van der Waals surface area contributed by atoms with Crippen LogP contribution in [0.5, 0.6) is 0 Å². The van der Waals surface area contributed by atoms with E-state index in [-0.39, 0.29) is 5.41 Å². The molecule has 1 aliphatic carbocycles. The predicted molar refractivity (Wildman–Crippen MR) is 87.4 cm³/mol. The van der Waals surface area contributed by atoms with Gasteiger partial charge in [-0.2, -0.15) is 0 Å². The molecular weight excluding hydrogens is 266 g/mol. The Morgan fingerprint density at radius 1 is 1.35 bits per heavy atom. The molecule has 1 N–H and O–H groups in total. The van der Waals surface area contributed by atoms with E-state index in [1.807, 2.05) is 17.5 Å². The second-order valence-electron chi connectivity index (χ2n) is 6.98. The van der Waals surface area contributed by atoms with Crippen molar-refractivity contribution in [1.82, 2.24) is 15.2 Å². The Labute approximate surface area is 127 Å². The summed E-state index contributed by atoms with van der Waals surface area (Å²) in [5.74, 6) is 0. The number of aromatic nitrogens is 1. The lowest BCUT2D eigenvalue weighted by atomic mass is 9.98. The summed E-state index contributed by atoms with van der Waals surface area (Å²) >= 11 is 1.84. The molecule has 0 spiro atoms. The van der Waals surface area contributed by atoms with Gasteiger partial charge in [-0.05, 0) is 19.9 Å². The molecule has 0 amide bonds. The Hall–Kier alpha value is -0.450. The zero-order valence-electron chi connectivity index (χ0n) is 13.4. The van der Waals surface area contributed by atoms with E-state index in [1.54, 1.807) is 0 Å². The first kappa shape index (κ1) is 15.9. The Morgan fingerprint density at radius 2 is 2.05 bits per heavy atom. The van der Waals surface area contributed by atoms with Crippen LogP contribution in [0.15, 0.2) is 6.20 Å². The largest absolute Gasteiger partial charge is 0.311 e. The van der Waals surface area contributed by atoms with Crippen LogP contribution in [0.25, 0.3) is 0 Å². The summed E-state index contributed by atoms with van der Waals surface area (Å²) in [5, 5.41) is 4.78. The maximum absolute atomic E-state index is 4.53. The standard InChI is InChI=1S/C16H29N3S/c1-16(2,3)15-18-12-14(20-15)11-17-9-10-19(4)13-7-5-6-8-13/h12-13,17H,5-11H2,1-4H3. The lowest BCUT2D eigenvalue weighted by Crippen LogP contribution is -2.35. The first-order valence-electron chi connectivity index (χ1n) is 7.83. The summed E-state index contributed by atoms with van der Waals surface area (Å²) in [6.45, 7) is 9.83. The molecule has 0 radical (unpaired) electrons. The molecular formula is C16H29N3S. The Kier molecular flexibility index (Phi) is 5.58. The van der Waals surface area contributed by atoms with Gasteiger partial charge in [0.25, 0.3) is 0 Å². The molecule has 1 aliphatic rings. The first-order chi connectivity index (χ1) is 9.47. The van der Waals surface area contributed by atoms with Crippen LogP contribution in [0.2, 0.25) is 0 Å². The second kappa shape index (κ2) is 7.01. The van der Waals surface area contributed by atoms with Crippen LogP contribution in [0.3, 0.4) is 0 Å². The summed E-state index contributed by atoms with van der Waals surface area (Å²) in [5.41, 5.74) is 0.172. The average Bonchev–Trinajstić information content (AvgIpc) is 3.04. The van der Waals surface area contributed by atoms with Gasteiger partial charge in [-0.15, -0.1) is 11.3 Å². The van der Waals surface area contributed by atoms with E-state index < -0.39 is 0 Å². The zero-order chi connectivity index (χ0) is 14.6. The zero-order valence-corrected chi connectivity index (χ0v) is 14.2. The van der Waals surface area contributed by atoms with E-state index in [2.05, 4.69) is 43.0 Å². The highest BCUT2D eigenvalue weighted by molar-refractivity contribution is 7.11. The molecule has 0 bridgehead atoms. The van der Waals surface area contributed by atoms with E-state index in [1.165, 1.54) is 35.6 Å². The molecule has 4 heteroatoms. The van der Waals surface area contributed by atoms with Crippen LogP contribution in [-0.2, 0) is 12.0 Å². The molecule has 1 aromatic heterocycles. The fourth-order valence-electron chi connectivity index (χ4n) is 2.73. The number of hydrogen-bond donors (Lipinski definition) is 1. The summed E-state index contributed by atoms with van der Waals surface area (Å²) in [4.78, 5) is 8.40. The van der Waals surface area contributed by atoms with E-state index in [9.17, 15) is 0 Å². The smallest absolute Gasteiger partial charge is 0.0981 e. The molecule has 114 valence electrons. The van der Waals surface area contributed by atoms with Crippen molar-refractivity contribution in [2.75, 3.05) is 20.1 Å². The number of nitrogens with one attached hydrogen (secondary N) is 1. The molecule has 0 saturated heterocycles. The molecule has 3 nitrogen and oxygen atoms in total. The van der Waals surface area contributed by atoms with Gasteiger partial charge in [-0.1, -0.05) is 33.6 Å².